The zero-order valence-corrected chi connectivity index (χ0v) is 11.2. The molecule has 17 heavy (non-hydrogen) atoms. The Morgan fingerprint density at radius 1 is 1.41 bits per heavy atom. The van der Waals surface area contributed by atoms with Gasteiger partial charge in [-0.3, -0.25) is 4.90 Å². The van der Waals surface area contributed by atoms with E-state index >= 15 is 0 Å². The summed E-state index contributed by atoms with van der Waals surface area (Å²) in [6.07, 6.45) is 10.7. The molecule has 0 bridgehead atoms. The minimum absolute atomic E-state index is 0.675. The number of allylic oxidation sites excluding steroid dienone is 2. The van der Waals surface area contributed by atoms with E-state index in [1.807, 2.05) is 0 Å². The second-order valence-electron chi connectivity index (χ2n) is 5.66. The predicted molar refractivity (Wildman–Crippen MR) is 71.8 cm³/mol. The molecule has 0 saturated carbocycles. The molecule has 0 aromatic carbocycles. The summed E-state index contributed by atoms with van der Waals surface area (Å²) in [7, 11) is 0. The van der Waals surface area contributed by atoms with Gasteiger partial charge in [0.25, 0.3) is 0 Å². The van der Waals surface area contributed by atoms with Crippen LogP contribution in [0.25, 0.3) is 0 Å². The van der Waals surface area contributed by atoms with Crippen molar-refractivity contribution in [2.45, 2.75) is 33.1 Å². The van der Waals surface area contributed by atoms with Crippen molar-refractivity contribution in [1.82, 2.24) is 4.90 Å². The van der Waals surface area contributed by atoms with Crippen molar-refractivity contribution in [1.29, 1.82) is 0 Å². The van der Waals surface area contributed by atoms with Crippen molar-refractivity contribution in [3.05, 3.63) is 23.8 Å². The molecule has 96 valence electrons. The first kappa shape index (κ1) is 12.8. The minimum Gasteiger partial charge on any atom is -0.361 e. The van der Waals surface area contributed by atoms with Crippen molar-refractivity contribution in [2.75, 3.05) is 26.4 Å². The lowest BCUT2D eigenvalue weighted by Gasteiger charge is -2.30. The summed E-state index contributed by atoms with van der Waals surface area (Å²) in [4.78, 5) is 2.44. The van der Waals surface area contributed by atoms with E-state index in [2.05, 4.69) is 37.0 Å². The highest BCUT2D eigenvalue weighted by molar-refractivity contribution is 5.23. The normalized spacial score (nSPS) is 30.4. The summed E-state index contributed by atoms with van der Waals surface area (Å²) >= 11 is 0. The Balaban J connectivity index is 1.67. The molecule has 2 aliphatic rings. The molecule has 0 amide bonds. The van der Waals surface area contributed by atoms with Gasteiger partial charge in [-0.15, -0.1) is 0 Å². The zero-order valence-electron chi connectivity index (χ0n) is 11.2. The van der Waals surface area contributed by atoms with Crippen LogP contribution in [0.3, 0.4) is 0 Å². The molecular formula is C15H25NO. The lowest BCUT2D eigenvalue weighted by molar-refractivity contribution is 0.0190. The standard InChI is InChI=1S/C15H25NO/c1-13-5-3-7-15(9-13)11-17-12-16-8-4-6-14(2)10-16/h3,7,9,13-14H,4-6,8,10-12H2,1-2H3/t13-,14?/m0/s1. The number of rotatable bonds is 4. The van der Waals surface area contributed by atoms with E-state index in [0.29, 0.717) is 5.92 Å². The highest BCUT2D eigenvalue weighted by Crippen LogP contribution is 2.17. The van der Waals surface area contributed by atoms with Gasteiger partial charge in [-0.2, -0.15) is 0 Å². The molecule has 1 aliphatic carbocycles. The maximum absolute atomic E-state index is 5.82. The summed E-state index contributed by atoms with van der Waals surface area (Å²) in [5, 5.41) is 0. The van der Waals surface area contributed by atoms with Crippen LogP contribution in [0.5, 0.6) is 0 Å². The van der Waals surface area contributed by atoms with E-state index < -0.39 is 0 Å². The van der Waals surface area contributed by atoms with Gasteiger partial charge in [0.1, 0.15) is 0 Å². The van der Waals surface area contributed by atoms with E-state index in [-0.39, 0.29) is 0 Å². The highest BCUT2D eigenvalue weighted by Gasteiger charge is 2.15. The molecule has 0 aromatic heterocycles. The molecule has 1 unspecified atom stereocenters. The molecule has 2 rings (SSSR count). The fourth-order valence-electron chi connectivity index (χ4n) is 2.72. The van der Waals surface area contributed by atoms with Crippen LogP contribution in [0, 0.1) is 11.8 Å². The van der Waals surface area contributed by atoms with Crippen LogP contribution in [0.2, 0.25) is 0 Å². The second-order valence-corrected chi connectivity index (χ2v) is 5.66. The van der Waals surface area contributed by atoms with Crippen LogP contribution in [-0.4, -0.2) is 31.3 Å². The third-order valence-electron chi connectivity index (χ3n) is 3.62. The molecule has 0 N–H and O–H groups in total. The Labute approximate surface area is 105 Å². The molecule has 0 spiro atoms. The summed E-state index contributed by atoms with van der Waals surface area (Å²) < 4.78 is 5.82. The Kier molecular flexibility index (Phi) is 4.81. The Morgan fingerprint density at radius 3 is 3.06 bits per heavy atom. The monoisotopic (exact) mass is 235 g/mol. The van der Waals surface area contributed by atoms with Gasteiger partial charge in [0, 0.05) is 13.1 Å². The van der Waals surface area contributed by atoms with Gasteiger partial charge in [0.15, 0.2) is 0 Å². The lowest BCUT2D eigenvalue weighted by Crippen LogP contribution is -2.36. The number of likely N-dealkylation sites (tertiary alicyclic amines) is 1. The van der Waals surface area contributed by atoms with Gasteiger partial charge < -0.3 is 4.74 Å². The van der Waals surface area contributed by atoms with Gasteiger partial charge in [-0.25, -0.2) is 0 Å². The van der Waals surface area contributed by atoms with E-state index in [4.69, 9.17) is 4.74 Å². The third kappa shape index (κ3) is 4.29. The Morgan fingerprint density at radius 2 is 2.29 bits per heavy atom. The quantitative estimate of drug-likeness (QED) is 0.742. The van der Waals surface area contributed by atoms with Gasteiger partial charge in [-0.1, -0.05) is 32.1 Å². The molecule has 0 aromatic rings. The van der Waals surface area contributed by atoms with Crippen LogP contribution in [0.1, 0.15) is 33.1 Å². The van der Waals surface area contributed by atoms with Gasteiger partial charge in [0.05, 0.1) is 13.3 Å². The van der Waals surface area contributed by atoms with Crippen molar-refractivity contribution in [3.63, 3.8) is 0 Å². The topological polar surface area (TPSA) is 12.5 Å². The second kappa shape index (κ2) is 6.36. The highest BCUT2D eigenvalue weighted by atomic mass is 16.5. The van der Waals surface area contributed by atoms with Crippen LogP contribution in [0.4, 0.5) is 0 Å². The SMILES string of the molecule is CC1CCCN(COCC2=C[C@@H](C)CC=C2)C1. The van der Waals surface area contributed by atoms with Crippen LogP contribution in [-0.2, 0) is 4.74 Å². The number of hydrogen-bond acceptors (Lipinski definition) is 2. The zero-order chi connectivity index (χ0) is 12.1. The molecule has 0 radical (unpaired) electrons. The third-order valence-corrected chi connectivity index (χ3v) is 3.62. The molecule has 2 heteroatoms. The van der Waals surface area contributed by atoms with Crippen molar-refractivity contribution < 1.29 is 4.74 Å². The number of hydrogen-bond donors (Lipinski definition) is 0. The molecule has 2 atom stereocenters. The Hall–Kier alpha value is -0.600. The fourth-order valence-corrected chi connectivity index (χ4v) is 2.72. The van der Waals surface area contributed by atoms with Crippen LogP contribution < -0.4 is 0 Å². The van der Waals surface area contributed by atoms with Crippen molar-refractivity contribution >= 4 is 0 Å². The molecule has 2 nitrogen and oxygen atoms in total. The molecule has 1 heterocycles. The summed E-state index contributed by atoms with van der Waals surface area (Å²) in [5.41, 5.74) is 1.34. The first-order chi connectivity index (χ1) is 8.24. The van der Waals surface area contributed by atoms with E-state index in [1.54, 1.807) is 0 Å². The maximum atomic E-state index is 5.82. The smallest absolute Gasteiger partial charge is 0.0994 e. The van der Waals surface area contributed by atoms with Gasteiger partial charge >= 0.3 is 0 Å². The van der Waals surface area contributed by atoms with Crippen molar-refractivity contribution in [3.8, 4) is 0 Å². The minimum atomic E-state index is 0.675. The lowest BCUT2D eigenvalue weighted by atomic mass is 9.98. The molecule has 1 fully saturated rings. The van der Waals surface area contributed by atoms with E-state index in [9.17, 15) is 0 Å². The maximum Gasteiger partial charge on any atom is 0.0994 e. The average molecular weight is 235 g/mol. The first-order valence-electron chi connectivity index (χ1n) is 6.91. The molecular weight excluding hydrogens is 210 g/mol. The molecule has 1 aliphatic heterocycles. The summed E-state index contributed by atoms with van der Waals surface area (Å²) in [5.74, 6) is 1.51. The largest absolute Gasteiger partial charge is 0.361 e. The van der Waals surface area contributed by atoms with E-state index in [0.717, 1.165) is 19.3 Å². The van der Waals surface area contributed by atoms with Gasteiger partial charge in [0.2, 0.25) is 0 Å². The van der Waals surface area contributed by atoms with E-state index in [1.165, 1.54) is 37.9 Å². The average Bonchev–Trinajstić information content (AvgIpc) is 2.29. The predicted octanol–water partition coefficient (Wildman–Crippen LogP) is 3.21. The van der Waals surface area contributed by atoms with Gasteiger partial charge in [-0.05, 0) is 36.7 Å². The first-order valence-corrected chi connectivity index (χ1v) is 6.91. The number of nitrogens with zero attached hydrogens (tertiary/aromatic N) is 1. The van der Waals surface area contributed by atoms with Crippen LogP contribution >= 0.6 is 0 Å². The number of ether oxygens (including phenoxy) is 1. The van der Waals surface area contributed by atoms with Crippen LogP contribution in [0.15, 0.2) is 23.8 Å². The number of piperidine rings is 1. The molecule has 1 saturated heterocycles. The summed E-state index contributed by atoms with van der Waals surface area (Å²) in [6.45, 7) is 8.56. The fraction of sp³-hybridized carbons (Fsp3) is 0.733. The Bertz CT molecular complexity index is 295. The van der Waals surface area contributed by atoms with Crippen molar-refractivity contribution in [2.24, 2.45) is 11.8 Å². The summed E-state index contributed by atoms with van der Waals surface area (Å²) in [6, 6.07) is 0.